The van der Waals surface area contributed by atoms with Crippen molar-refractivity contribution >= 4 is 23.1 Å². The minimum atomic E-state index is -0.199. The summed E-state index contributed by atoms with van der Waals surface area (Å²) < 4.78 is 7.20. The highest BCUT2D eigenvalue weighted by Crippen LogP contribution is 2.24. The Labute approximate surface area is 147 Å². The molecule has 0 unspecified atom stereocenters. The van der Waals surface area contributed by atoms with Crippen LogP contribution in [0.1, 0.15) is 46.2 Å². The van der Waals surface area contributed by atoms with E-state index in [0.29, 0.717) is 22.9 Å². The van der Waals surface area contributed by atoms with Crippen LogP contribution in [0, 0.1) is 6.92 Å². The van der Waals surface area contributed by atoms with Gasteiger partial charge in [0, 0.05) is 16.6 Å². The summed E-state index contributed by atoms with van der Waals surface area (Å²) in [6.45, 7) is 5.95. The quantitative estimate of drug-likeness (QED) is 0.640. The van der Waals surface area contributed by atoms with Crippen molar-refractivity contribution in [3.8, 4) is 5.75 Å². The number of aromatic nitrogens is 1. The van der Waals surface area contributed by atoms with Crippen LogP contribution in [0.4, 0.5) is 0 Å². The van der Waals surface area contributed by atoms with Gasteiger partial charge >= 0.3 is 0 Å². The molecule has 0 saturated heterocycles. The molecule has 0 spiro atoms. The Hall–Kier alpha value is -2.88. The van der Waals surface area contributed by atoms with Gasteiger partial charge in [0.25, 0.3) is 5.91 Å². The van der Waals surface area contributed by atoms with Gasteiger partial charge in [-0.3, -0.25) is 14.2 Å². The van der Waals surface area contributed by atoms with Gasteiger partial charge in [0.2, 0.25) is 0 Å². The van der Waals surface area contributed by atoms with E-state index < -0.39 is 0 Å². The molecule has 0 radical (unpaired) electrons. The maximum atomic E-state index is 12.7. The van der Waals surface area contributed by atoms with E-state index in [9.17, 15) is 9.59 Å². The predicted molar refractivity (Wildman–Crippen MR) is 98.7 cm³/mol. The second-order valence-electron chi connectivity index (χ2n) is 6.38. The highest BCUT2D eigenvalue weighted by molar-refractivity contribution is 6.04. The van der Waals surface area contributed by atoms with Crippen molar-refractivity contribution in [1.29, 1.82) is 0 Å². The van der Waals surface area contributed by atoms with Gasteiger partial charge in [-0.05, 0) is 36.6 Å². The normalized spacial score (nSPS) is 11.0. The van der Waals surface area contributed by atoms with Crippen molar-refractivity contribution in [3.63, 3.8) is 0 Å². The number of benzene rings is 2. The molecule has 0 N–H and O–H groups in total. The third kappa shape index (κ3) is 3.20. The molecule has 1 aromatic heterocycles. The van der Waals surface area contributed by atoms with Gasteiger partial charge in [-0.2, -0.15) is 0 Å². The lowest BCUT2D eigenvalue weighted by molar-refractivity contribution is 0.0841. The predicted octanol–water partition coefficient (Wildman–Crippen LogP) is 4.60. The first-order valence-electron chi connectivity index (χ1n) is 8.34. The van der Waals surface area contributed by atoms with Crippen molar-refractivity contribution in [3.05, 3.63) is 65.4 Å². The zero-order valence-corrected chi connectivity index (χ0v) is 14.7. The molecule has 0 amide bonds. The maximum absolute atomic E-state index is 12.7. The number of hydrogen-bond donors (Lipinski definition) is 0. The molecule has 0 bridgehead atoms. The number of carbonyl (C=O) groups excluding carboxylic acids is 2. The van der Waals surface area contributed by atoms with E-state index in [-0.39, 0.29) is 12.5 Å². The van der Waals surface area contributed by atoms with Crippen LogP contribution in [0.5, 0.6) is 5.75 Å². The number of hydrogen-bond acceptors (Lipinski definition) is 3. The Morgan fingerprint density at radius 3 is 2.44 bits per heavy atom. The molecular weight excluding hydrogens is 314 g/mol. The van der Waals surface area contributed by atoms with Crippen LogP contribution in [0.15, 0.2) is 48.5 Å². The van der Waals surface area contributed by atoms with Gasteiger partial charge < -0.3 is 4.74 Å². The molecule has 0 atom stereocenters. The molecule has 25 heavy (non-hydrogen) atoms. The first kappa shape index (κ1) is 17.0. The van der Waals surface area contributed by atoms with E-state index in [4.69, 9.17) is 4.74 Å². The number of carbonyl (C=O) groups is 2. The van der Waals surface area contributed by atoms with Crippen LogP contribution in [-0.2, 0) is 0 Å². The summed E-state index contributed by atoms with van der Waals surface area (Å²) in [6.07, 6.45) is 0.799. The fourth-order valence-electron chi connectivity index (χ4n) is 3.02. The molecule has 2 aromatic carbocycles. The van der Waals surface area contributed by atoms with Gasteiger partial charge in [-0.15, -0.1) is 0 Å². The zero-order valence-electron chi connectivity index (χ0n) is 14.7. The van der Waals surface area contributed by atoms with Gasteiger partial charge in [-0.25, -0.2) is 0 Å². The van der Waals surface area contributed by atoms with Gasteiger partial charge in [-0.1, -0.05) is 44.2 Å². The number of para-hydroxylation sites is 1. The van der Waals surface area contributed by atoms with Gasteiger partial charge in [0.05, 0.1) is 5.52 Å². The summed E-state index contributed by atoms with van der Waals surface area (Å²) in [7, 11) is 0. The first-order chi connectivity index (χ1) is 12.0. The molecule has 0 fully saturated rings. The third-order valence-corrected chi connectivity index (χ3v) is 4.44. The fraction of sp³-hybridized carbons (Fsp3) is 0.238. The van der Waals surface area contributed by atoms with Crippen LogP contribution in [0.3, 0.4) is 0 Å². The van der Waals surface area contributed by atoms with E-state index in [1.807, 2.05) is 48.5 Å². The molecule has 0 saturated carbocycles. The largest absolute Gasteiger partial charge is 0.484 e. The first-order valence-corrected chi connectivity index (χ1v) is 8.34. The van der Waals surface area contributed by atoms with E-state index in [1.54, 1.807) is 11.5 Å². The fourth-order valence-corrected chi connectivity index (χ4v) is 3.02. The van der Waals surface area contributed by atoms with Crippen molar-refractivity contribution in [2.45, 2.75) is 26.7 Å². The Morgan fingerprint density at radius 1 is 1.12 bits per heavy atom. The Bertz CT molecular complexity index is 920. The lowest BCUT2D eigenvalue weighted by atomic mass is 10.0. The number of fused-ring (bicyclic) bond motifs is 1. The Morgan fingerprint density at radius 2 is 1.80 bits per heavy atom. The van der Waals surface area contributed by atoms with Crippen molar-refractivity contribution in [2.24, 2.45) is 0 Å². The average Bonchev–Trinajstić information content (AvgIpc) is 2.91. The molecule has 128 valence electrons. The van der Waals surface area contributed by atoms with Gasteiger partial charge in [0.15, 0.2) is 12.9 Å². The summed E-state index contributed by atoms with van der Waals surface area (Å²) in [5, 5.41) is 0.782. The SMILES string of the molecule is Cc1c(C=O)c2ccccc2n1C(=O)COc1ccc(C(C)C)cc1. The number of aldehydes is 1. The van der Waals surface area contributed by atoms with E-state index in [2.05, 4.69) is 13.8 Å². The summed E-state index contributed by atoms with van der Waals surface area (Å²) in [4.78, 5) is 24.1. The number of ether oxygens (including phenoxy) is 1. The van der Waals surface area contributed by atoms with Gasteiger partial charge in [0.1, 0.15) is 5.75 Å². The number of nitrogens with zero attached hydrogens (tertiary/aromatic N) is 1. The topological polar surface area (TPSA) is 48.3 Å². The lowest BCUT2D eigenvalue weighted by Crippen LogP contribution is -2.20. The zero-order chi connectivity index (χ0) is 18.0. The highest BCUT2D eigenvalue weighted by atomic mass is 16.5. The lowest BCUT2D eigenvalue weighted by Gasteiger charge is -2.10. The molecule has 0 aliphatic rings. The van der Waals surface area contributed by atoms with Crippen molar-refractivity contribution in [1.82, 2.24) is 4.57 Å². The van der Waals surface area contributed by atoms with Crippen LogP contribution in [0.2, 0.25) is 0 Å². The molecule has 3 rings (SSSR count). The van der Waals surface area contributed by atoms with E-state index in [1.165, 1.54) is 5.56 Å². The smallest absolute Gasteiger partial charge is 0.269 e. The van der Waals surface area contributed by atoms with Crippen molar-refractivity contribution < 1.29 is 14.3 Å². The van der Waals surface area contributed by atoms with Crippen LogP contribution >= 0.6 is 0 Å². The maximum Gasteiger partial charge on any atom is 0.269 e. The average molecular weight is 335 g/mol. The summed E-state index contributed by atoms with van der Waals surface area (Å²) in [5.41, 5.74) is 3.14. The van der Waals surface area contributed by atoms with Crippen LogP contribution < -0.4 is 4.74 Å². The molecule has 0 aliphatic carbocycles. The minimum absolute atomic E-state index is 0.0845. The van der Waals surface area contributed by atoms with Crippen LogP contribution in [-0.4, -0.2) is 23.4 Å². The third-order valence-electron chi connectivity index (χ3n) is 4.44. The molecule has 0 aliphatic heterocycles. The molecular formula is C21H21NO3. The molecule has 1 heterocycles. The molecule has 4 nitrogen and oxygen atoms in total. The second-order valence-corrected chi connectivity index (χ2v) is 6.38. The number of rotatable bonds is 5. The summed E-state index contributed by atoms with van der Waals surface area (Å²) in [5.74, 6) is 0.906. The standard InChI is InChI=1S/C21H21NO3/c1-14(2)16-8-10-17(11-9-16)25-13-21(24)22-15(3)19(12-23)18-6-4-5-7-20(18)22/h4-12,14H,13H2,1-3H3. The second kappa shape index (κ2) is 6.93. The van der Waals surface area contributed by atoms with Crippen molar-refractivity contribution in [2.75, 3.05) is 6.61 Å². The minimum Gasteiger partial charge on any atom is -0.484 e. The summed E-state index contributed by atoms with van der Waals surface area (Å²) >= 11 is 0. The Balaban J connectivity index is 1.83. The monoisotopic (exact) mass is 335 g/mol. The van der Waals surface area contributed by atoms with Crippen LogP contribution in [0.25, 0.3) is 10.9 Å². The van der Waals surface area contributed by atoms with E-state index >= 15 is 0 Å². The molecule has 3 aromatic rings. The molecule has 4 heteroatoms. The summed E-state index contributed by atoms with van der Waals surface area (Å²) in [6, 6.07) is 15.2. The Kier molecular flexibility index (Phi) is 4.70. The highest BCUT2D eigenvalue weighted by Gasteiger charge is 2.18. The van der Waals surface area contributed by atoms with E-state index in [0.717, 1.165) is 17.2 Å².